The molecular formula is C21H16ClFN4O. The molecule has 0 radical (unpaired) electrons. The van der Waals surface area contributed by atoms with E-state index >= 15 is 0 Å². The first-order valence-electron chi connectivity index (χ1n) is 8.68. The minimum atomic E-state index is -0.415. The molecule has 0 aliphatic heterocycles. The van der Waals surface area contributed by atoms with Gasteiger partial charge < -0.3 is 9.88 Å². The molecule has 0 aliphatic carbocycles. The Morgan fingerprint density at radius 3 is 2.64 bits per heavy atom. The third kappa shape index (κ3) is 3.73. The fourth-order valence-corrected chi connectivity index (χ4v) is 3.28. The number of benzene rings is 2. The first-order chi connectivity index (χ1) is 13.6. The van der Waals surface area contributed by atoms with Crippen LogP contribution >= 0.6 is 11.6 Å². The van der Waals surface area contributed by atoms with Crippen molar-refractivity contribution in [3.8, 4) is 0 Å². The molecule has 0 aliphatic rings. The number of fused-ring (bicyclic) bond motifs is 1. The Morgan fingerprint density at radius 1 is 1.07 bits per heavy atom. The van der Waals surface area contributed by atoms with Gasteiger partial charge in [-0.1, -0.05) is 35.9 Å². The van der Waals surface area contributed by atoms with Crippen LogP contribution in [0.3, 0.4) is 0 Å². The molecule has 5 nitrogen and oxygen atoms in total. The molecule has 2 heterocycles. The number of nitrogens with zero attached hydrogens (tertiary/aromatic N) is 3. The van der Waals surface area contributed by atoms with Crippen LogP contribution in [0.4, 0.5) is 4.39 Å². The first-order valence-corrected chi connectivity index (χ1v) is 9.06. The molecule has 1 N–H and O–H groups in total. The molecule has 1 atom stereocenters. The van der Waals surface area contributed by atoms with Gasteiger partial charge in [0.15, 0.2) is 0 Å². The first kappa shape index (κ1) is 18.1. The van der Waals surface area contributed by atoms with Gasteiger partial charge >= 0.3 is 0 Å². The number of imidazole rings is 1. The largest absolute Gasteiger partial charge is 0.343 e. The predicted molar refractivity (Wildman–Crippen MR) is 106 cm³/mol. The lowest BCUT2D eigenvalue weighted by atomic mass is 10.1. The zero-order valence-corrected chi connectivity index (χ0v) is 15.5. The van der Waals surface area contributed by atoms with E-state index in [2.05, 4.69) is 15.3 Å². The van der Waals surface area contributed by atoms with Crippen LogP contribution < -0.4 is 5.32 Å². The molecule has 28 heavy (non-hydrogen) atoms. The molecule has 140 valence electrons. The van der Waals surface area contributed by atoms with Crippen molar-refractivity contribution < 1.29 is 9.18 Å². The highest BCUT2D eigenvalue weighted by atomic mass is 35.5. The lowest BCUT2D eigenvalue weighted by Gasteiger charge is -2.20. The number of nitrogens with one attached hydrogen (secondary N) is 1. The Morgan fingerprint density at radius 2 is 1.86 bits per heavy atom. The fraction of sp³-hybridized carbons (Fsp3) is 0.0952. The van der Waals surface area contributed by atoms with Gasteiger partial charge in [0.1, 0.15) is 11.0 Å². The van der Waals surface area contributed by atoms with Crippen LogP contribution in [-0.4, -0.2) is 20.4 Å². The maximum absolute atomic E-state index is 13.4. The van der Waals surface area contributed by atoms with Crippen LogP contribution in [-0.2, 0) is 6.54 Å². The smallest absolute Gasteiger partial charge is 0.254 e. The number of hydrogen-bond donors (Lipinski definition) is 1. The second kappa shape index (κ2) is 7.78. The van der Waals surface area contributed by atoms with Gasteiger partial charge in [0, 0.05) is 12.7 Å². The van der Waals surface area contributed by atoms with Crippen molar-refractivity contribution in [3.05, 3.63) is 95.3 Å². The van der Waals surface area contributed by atoms with Crippen molar-refractivity contribution in [1.82, 2.24) is 19.9 Å². The number of rotatable bonds is 5. The molecule has 0 saturated heterocycles. The molecule has 1 unspecified atom stereocenters. The number of amides is 1. The number of carbonyl (C=O) groups excluding carboxylic acids is 1. The highest BCUT2D eigenvalue weighted by Crippen LogP contribution is 2.21. The highest BCUT2D eigenvalue weighted by Gasteiger charge is 2.19. The second-order valence-electron chi connectivity index (χ2n) is 6.31. The van der Waals surface area contributed by atoms with Gasteiger partial charge in [-0.3, -0.25) is 4.79 Å². The number of halogens is 2. The highest BCUT2D eigenvalue weighted by molar-refractivity contribution is 6.32. The van der Waals surface area contributed by atoms with Crippen molar-refractivity contribution in [1.29, 1.82) is 0 Å². The third-order valence-corrected chi connectivity index (χ3v) is 4.79. The van der Waals surface area contributed by atoms with Crippen LogP contribution in [0.2, 0.25) is 5.15 Å². The summed E-state index contributed by atoms with van der Waals surface area (Å²) < 4.78 is 15.3. The van der Waals surface area contributed by atoms with Gasteiger partial charge in [0.25, 0.3) is 5.91 Å². The third-order valence-electron chi connectivity index (χ3n) is 4.49. The zero-order chi connectivity index (χ0) is 19.5. The number of aromatic nitrogens is 3. The molecule has 2 aromatic heterocycles. The number of para-hydroxylation sites is 2. The molecule has 7 heteroatoms. The van der Waals surface area contributed by atoms with Crippen LogP contribution in [0.1, 0.15) is 22.0 Å². The molecule has 0 spiro atoms. The van der Waals surface area contributed by atoms with Gasteiger partial charge in [-0.2, -0.15) is 0 Å². The summed E-state index contributed by atoms with van der Waals surface area (Å²) in [6.45, 7) is 0.426. The molecule has 0 bridgehead atoms. The number of hydrogen-bond acceptors (Lipinski definition) is 3. The van der Waals surface area contributed by atoms with Gasteiger partial charge in [-0.25, -0.2) is 14.4 Å². The minimum Gasteiger partial charge on any atom is -0.343 e. The minimum absolute atomic E-state index is 0.130. The Bertz CT molecular complexity index is 1130. The van der Waals surface area contributed by atoms with Crippen LogP contribution in [0.25, 0.3) is 11.0 Å². The molecule has 1 amide bonds. The van der Waals surface area contributed by atoms with Crippen LogP contribution in [0.15, 0.2) is 73.2 Å². The Hall–Kier alpha value is -3.25. The van der Waals surface area contributed by atoms with Crippen molar-refractivity contribution in [3.63, 3.8) is 0 Å². The topological polar surface area (TPSA) is 59.8 Å². The molecule has 0 fully saturated rings. The maximum Gasteiger partial charge on any atom is 0.254 e. The lowest BCUT2D eigenvalue weighted by molar-refractivity contribution is 0.0932. The zero-order valence-electron chi connectivity index (χ0n) is 14.7. The van der Waals surface area contributed by atoms with Crippen molar-refractivity contribution in [2.24, 2.45) is 0 Å². The normalized spacial score (nSPS) is 12.1. The lowest BCUT2D eigenvalue weighted by Crippen LogP contribution is -2.31. The van der Waals surface area contributed by atoms with E-state index in [1.165, 1.54) is 18.3 Å². The Labute approximate surface area is 165 Å². The molecule has 4 rings (SSSR count). The van der Waals surface area contributed by atoms with E-state index < -0.39 is 6.04 Å². The van der Waals surface area contributed by atoms with E-state index in [1.54, 1.807) is 30.6 Å². The van der Waals surface area contributed by atoms with Gasteiger partial charge in [-0.15, -0.1) is 0 Å². The standard InChI is InChI=1S/C21H16ClFN4O/c22-20-16(4-3-11-24-20)21(28)26-18(14-7-9-15(23)10-8-14)12-27-13-25-17-5-1-2-6-19(17)27/h1-11,13,18H,12H2,(H,26,28). The quantitative estimate of drug-likeness (QED) is 0.510. The van der Waals surface area contributed by atoms with E-state index in [0.29, 0.717) is 6.54 Å². The van der Waals surface area contributed by atoms with E-state index in [4.69, 9.17) is 11.6 Å². The maximum atomic E-state index is 13.4. The number of carbonyl (C=O) groups is 1. The monoisotopic (exact) mass is 394 g/mol. The van der Waals surface area contributed by atoms with Gasteiger partial charge in [0.05, 0.1) is 29.0 Å². The Kier molecular flexibility index (Phi) is 5.04. The molecule has 2 aromatic carbocycles. The fourth-order valence-electron chi connectivity index (χ4n) is 3.07. The summed E-state index contributed by atoms with van der Waals surface area (Å²) in [5, 5.41) is 3.11. The van der Waals surface area contributed by atoms with Gasteiger partial charge in [-0.05, 0) is 42.0 Å². The van der Waals surface area contributed by atoms with Gasteiger partial charge in [0.2, 0.25) is 0 Å². The summed E-state index contributed by atoms with van der Waals surface area (Å²) in [5.74, 6) is -0.686. The molecule has 0 saturated carbocycles. The predicted octanol–water partition coefficient (Wildman–Crippen LogP) is 4.40. The Balaban J connectivity index is 1.67. The summed E-state index contributed by atoms with van der Waals surface area (Å²) in [6, 6.07) is 16.6. The van der Waals surface area contributed by atoms with Crippen LogP contribution in [0.5, 0.6) is 0 Å². The van der Waals surface area contributed by atoms with E-state index in [-0.39, 0.29) is 22.4 Å². The second-order valence-corrected chi connectivity index (χ2v) is 6.66. The molecular weight excluding hydrogens is 379 g/mol. The summed E-state index contributed by atoms with van der Waals surface area (Å²) in [4.78, 5) is 21.1. The summed E-state index contributed by atoms with van der Waals surface area (Å²) in [6.07, 6.45) is 3.25. The number of pyridine rings is 1. The summed E-state index contributed by atoms with van der Waals surface area (Å²) in [7, 11) is 0. The summed E-state index contributed by atoms with van der Waals surface area (Å²) >= 11 is 6.05. The summed E-state index contributed by atoms with van der Waals surface area (Å²) in [5.41, 5.74) is 2.87. The SMILES string of the molecule is O=C(NC(Cn1cnc2ccccc21)c1ccc(F)cc1)c1cccnc1Cl. The van der Waals surface area contributed by atoms with E-state index in [9.17, 15) is 9.18 Å². The molecule has 4 aromatic rings. The average Bonchev–Trinajstić information content (AvgIpc) is 3.11. The van der Waals surface area contributed by atoms with E-state index in [1.807, 2.05) is 28.8 Å². The van der Waals surface area contributed by atoms with E-state index in [0.717, 1.165) is 16.6 Å². The average molecular weight is 395 g/mol. The van der Waals surface area contributed by atoms with Crippen molar-refractivity contribution in [2.75, 3.05) is 0 Å². The van der Waals surface area contributed by atoms with Crippen LogP contribution in [0, 0.1) is 5.82 Å². The van der Waals surface area contributed by atoms with Crippen molar-refractivity contribution >= 4 is 28.5 Å². The van der Waals surface area contributed by atoms with Crippen molar-refractivity contribution in [2.45, 2.75) is 12.6 Å².